The van der Waals surface area contributed by atoms with Gasteiger partial charge in [-0.2, -0.15) is 0 Å². The summed E-state index contributed by atoms with van der Waals surface area (Å²) in [4.78, 5) is 2.34. The second-order valence-electron chi connectivity index (χ2n) is 8.32. The minimum atomic E-state index is -3.54. The molecule has 0 amide bonds. The average Bonchev–Trinajstić information content (AvgIpc) is 3.41. The van der Waals surface area contributed by atoms with Gasteiger partial charge < -0.3 is 9.42 Å². The summed E-state index contributed by atoms with van der Waals surface area (Å²) in [5, 5.41) is 6.50. The molecule has 1 fully saturated rings. The quantitative estimate of drug-likeness (QED) is 0.340. The highest BCUT2D eigenvalue weighted by Gasteiger charge is 2.25. The Morgan fingerprint density at radius 2 is 2.00 bits per heavy atom. The van der Waals surface area contributed by atoms with Gasteiger partial charge in [0.05, 0.1) is 5.69 Å². The molecule has 0 radical (unpaired) electrons. The van der Waals surface area contributed by atoms with Gasteiger partial charge in [-0.15, -0.1) is 11.3 Å². The third-order valence-electron chi connectivity index (χ3n) is 6.10. The van der Waals surface area contributed by atoms with Crippen LogP contribution in [0, 0.1) is 5.82 Å². The van der Waals surface area contributed by atoms with Crippen LogP contribution in [0.1, 0.15) is 30.9 Å². The van der Waals surface area contributed by atoms with E-state index in [2.05, 4.69) is 14.8 Å². The van der Waals surface area contributed by atoms with E-state index in [1.54, 1.807) is 24.3 Å². The SMILES string of the molecule is O=S(=O)(NCCCN1CCC(c2noc3cc(F)ccc23)CC1)c1cc2cc(Cl)ccc2s1. The van der Waals surface area contributed by atoms with Crippen LogP contribution in [-0.2, 0) is 10.0 Å². The van der Waals surface area contributed by atoms with Crippen molar-refractivity contribution < 1.29 is 17.3 Å². The van der Waals surface area contributed by atoms with Crippen molar-refractivity contribution >= 4 is 54.0 Å². The van der Waals surface area contributed by atoms with E-state index >= 15 is 0 Å². The maximum atomic E-state index is 13.4. The number of thiophene rings is 1. The zero-order valence-corrected chi connectivity index (χ0v) is 20.1. The van der Waals surface area contributed by atoms with E-state index in [9.17, 15) is 12.8 Å². The van der Waals surface area contributed by atoms with E-state index in [4.69, 9.17) is 16.1 Å². The predicted molar refractivity (Wildman–Crippen MR) is 129 cm³/mol. The average molecular weight is 508 g/mol. The molecule has 3 heterocycles. The number of halogens is 2. The number of aromatic nitrogens is 1. The molecule has 1 N–H and O–H groups in total. The molecule has 0 bridgehead atoms. The lowest BCUT2D eigenvalue weighted by Crippen LogP contribution is -2.35. The van der Waals surface area contributed by atoms with Crippen LogP contribution in [-0.4, -0.2) is 44.7 Å². The second-order valence-corrected chi connectivity index (χ2v) is 11.8. The Morgan fingerprint density at radius 3 is 2.82 bits per heavy atom. The number of likely N-dealkylation sites (tertiary alicyclic amines) is 1. The highest BCUT2D eigenvalue weighted by atomic mass is 35.5. The molecule has 1 aliphatic rings. The van der Waals surface area contributed by atoms with Gasteiger partial charge in [-0.25, -0.2) is 17.5 Å². The van der Waals surface area contributed by atoms with Crippen molar-refractivity contribution in [3.63, 3.8) is 0 Å². The summed E-state index contributed by atoms with van der Waals surface area (Å²) >= 11 is 7.25. The number of hydrogen-bond acceptors (Lipinski definition) is 6. The smallest absolute Gasteiger partial charge is 0.250 e. The number of sulfonamides is 1. The highest BCUT2D eigenvalue weighted by Crippen LogP contribution is 2.33. The first-order valence-electron chi connectivity index (χ1n) is 10.8. The van der Waals surface area contributed by atoms with Crippen molar-refractivity contribution in [2.24, 2.45) is 0 Å². The molecule has 0 spiro atoms. The summed E-state index contributed by atoms with van der Waals surface area (Å²) in [6.45, 7) is 3.02. The minimum absolute atomic E-state index is 0.285. The lowest BCUT2D eigenvalue weighted by Gasteiger charge is -2.31. The van der Waals surface area contributed by atoms with E-state index in [-0.39, 0.29) is 11.7 Å². The molecule has 6 nitrogen and oxygen atoms in total. The molecular formula is C23H23ClFN3O3S2. The molecule has 1 saturated heterocycles. The molecule has 4 aromatic rings. The van der Waals surface area contributed by atoms with Crippen LogP contribution in [0.2, 0.25) is 5.02 Å². The third kappa shape index (κ3) is 4.93. The van der Waals surface area contributed by atoms with Gasteiger partial charge in [-0.05, 0) is 80.7 Å². The van der Waals surface area contributed by atoms with Gasteiger partial charge >= 0.3 is 0 Å². The van der Waals surface area contributed by atoms with E-state index in [1.807, 2.05) is 6.07 Å². The largest absolute Gasteiger partial charge is 0.356 e. The first-order chi connectivity index (χ1) is 15.9. The molecule has 0 atom stereocenters. The molecule has 0 saturated carbocycles. The highest BCUT2D eigenvalue weighted by molar-refractivity contribution is 7.91. The number of piperidine rings is 1. The van der Waals surface area contributed by atoms with Crippen molar-refractivity contribution in [1.82, 2.24) is 14.8 Å². The zero-order chi connectivity index (χ0) is 23.0. The number of fused-ring (bicyclic) bond motifs is 2. The maximum absolute atomic E-state index is 13.4. The molecule has 1 aliphatic heterocycles. The molecule has 10 heteroatoms. The summed E-state index contributed by atoms with van der Waals surface area (Å²) in [5.74, 6) is -0.0414. The molecule has 33 heavy (non-hydrogen) atoms. The van der Waals surface area contributed by atoms with Crippen molar-refractivity contribution in [3.8, 4) is 0 Å². The van der Waals surface area contributed by atoms with Crippen LogP contribution in [0.25, 0.3) is 21.1 Å². The Kier molecular flexibility index (Phi) is 6.41. The Labute approximate surface area is 200 Å². The first kappa shape index (κ1) is 22.7. The molecule has 2 aromatic heterocycles. The van der Waals surface area contributed by atoms with Crippen LogP contribution in [0.15, 0.2) is 51.2 Å². The zero-order valence-electron chi connectivity index (χ0n) is 17.8. The fourth-order valence-electron chi connectivity index (χ4n) is 4.36. The van der Waals surface area contributed by atoms with Crippen molar-refractivity contribution in [2.45, 2.75) is 29.4 Å². The van der Waals surface area contributed by atoms with E-state index in [1.165, 1.54) is 23.5 Å². The van der Waals surface area contributed by atoms with Crippen molar-refractivity contribution in [2.75, 3.05) is 26.2 Å². The molecular weight excluding hydrogens is 485 g/mol. The van der Waals surface area contributed by atoms with Gasteiger partial charge in [0, 0.05) is 33.6 Å². The number of rotatable bonds is 7. The summed E-state index contributed by atoms with van der Waals surface area (Å²) in [6.07, 6.45) is 2.61. The van der Waals surface area contributed by atoms with Crippen LogP contribution in [0.3, 0.4) is 0 Å². The van der Waals surface area contributed by atoms with Gasteiger partial charge in [0.15, 0.2) is 5.58 Å². The number of nitrogens with zero attached hydrogens (tertiary/aromatic N) is 2. The van der Waals surface area contributed by atoms with Gasteiger partial charge in [0.2, 0.25) is 10.0 Å². The normalized spacial score (nSPS) is 16.2. The molecule has 5 rings (SSSR count). The standard InChI is InChI=1S/C23H23ClFN3O3S2/c24-17-2-5-21-16(12-17)13-22(32-21)33(29,30)26-8-1-9-28-10-6-15(7-11-28)23-19-4-3-18(25)14-20(19)31-27-23/h2-5,12-15,26H,1,6-11H2. The Bertz CT molecular complexity index is 1390. The van der Waals surface area contributed by atoms with Gasteiger partial charge in [0.1, 0.15) is 10.0 Å². The van der Waals surface area contributed by atoms with Crippen LogP contribution in [0.4, 0.5) is 4.39 Å². The Hall–Kier alpha value is -2.04. The van der Waals surface area contributed by atoms with E-state index in [0.717, 1.165) is 60.1 Å². The van der Waals surface area contributed by atoms with E-state index < -0.39 is 10.0 Å². The monoisotopic (exact) mass is 507 g/mol. The maximum Gasteiger partial charge on any atom is 0.250 e. The van der Waals surface area contributed by atoms with E-state index in [0.29, 0.717) is 21.4 Å². The topological polar surface area (TPSA) is 75.4 Å². The van der Waals surface area contributed by atoms with Gasteiger partial charge in [-0.3, -0.25) is 0 Å². The molecule has 174 valence electrons. The van der Waals surface area contributed by atoms with Crippen molar-refractivity contribution in [3.05, 3.63) is 59.0 Å². The fraction of sp³-hybridized carbons (Fsp3) is 0.348. The second kappa shape index (κ2) is 9.31. The summed E-state index contributed by atoms with van der Waals surface area (Å²) in [7, 11) is -3.54. The van der Waals surface area contributed by atoms with Crippen LogP contribution in [0.5, 0.6) is 0 Å². The molecule has 0 unspecified atom stereocenters. The lowest BCUT2D eigenvalue weighted by atomic mass is 9.91. The predicted octanol–water partition coefficient (Wildman–Crippen LogP) is 5.38. The number of benzene rings is 2. The first-order valence-corrected chi connectivity index (χ1v) is 13.5. The van der Waals surface area contributed by atoms with Gasteiger partial charge in [0.25, 0.3) is 0 Å². The Morgan fingerprint density at radius 1 is 1.18 bits per heavy atom. The summed E-state index contributed by atoms with van der Waals surface area (Å²) in [6, 6.07) is 11.6. The fourth-order valence-corrected chi connectivity index (χ4v) is 7.04. The summed E-state index contributed by atoms with van der Waals surface area (Å²) in [5.41, 5.74) is 1.39. The number of nitrogens with one attached hydrogen (secondary N) is 1. The van der Waals surface area contributed by atoms with Gasteiger partial charge in [-0.1, -0.05) is 16.8 Å². The number of hydrogen-bond donors (Lipinski definition) is 1. The molecule has 2 aromatic carbocycles. The lowest BCUT2D eigenvalue weighted by molar-refractivity contribution is 0.208. The van der Waals surface area contributed by atoms with Crippen LogP contribution < -0.4 is 4.72 Å². The summed E-state index contributed by atoms with van der Waals surface area (Å²) < 4.78 is 47.9. The third-order valence-corrected chi connectivity index (χ3v) is 9.39. The minimum Gasteiger partial charge on any atom is -0.356 e. The molecule has 0 aliphatic carbocycles. The van der Waals surface area contributed by atoms with Crippen LogP contribution >= 0.6 is 22.9 Å². The van der Waals surface area contributed by atoms with Crippen molar-refractivity contribution in [1.29, 1.82) is 0 Å². The Balaban J connectivity index is 1.11.